The molecule has 0 aliphatic rings. The molecule has 2 aromatic heterocycles. The molecule has 2 aromatic rings. The van der Waals surface area contributed by atoms with E-state index >= 15 is 0 Å². The highest BCUT2D eigenvalue weighted by atomic mass is 32.2. The van der Waals surface area contributed by atoms with Gasteiger partial charge < -0.3 is 5.32 Å². The normalized spacial score (nSPS) is 11.5. The van der Waals surface area contributed by atoms with E-state index in [4.69, 9.17) is 0 Å². The predicted octanol–water partition coefficient (Wildman–Crippen LogP) is 1.99. The molecular formula is C12H17N5OS. The van der Waals surface area contributed by atoms with Crippen molar-refractivity contribution >= 4 is 29.4 Å². The Morgan fingerprint density at radius 2 is 2.21 bits per heavy atom. The molecule has 7 heteroatoms. The lowest BCUT2D eigenvalue weighted by Gasteiger charge is -2.22. The molecule has 2 rings (SSSR count). The third-order valence-electron chi connectivity index (χ3n) is 2.77. The number of amides is 2. The molecular weight excluding hydrogens is 262 g/mol. The van der Waals surface area contributed by atoms with Gasteiger partial charge in [0, 0.05) is 17.5 Å². The van der Waals surface area contributed by atoms with Gasteiger partial charge in [-0.15, -0.1) is 10.2 Å². The highest BCUT2D eigenvalue weighted by molar-refractivity contribution is 7.99. The number of aromatic nitrogens is 3. The number of nitrogens with one attached hydrogen (secondary N) is 2. The van der Waals surface area contributed by atoms with Gasteiger partial charge in [0.05, 0.1) is 0 Å². The number of rotatable bonds is 4. The molecule has 0 atom stereocenters. The minimum absolute atomic E-state index is 0.00422. The van der Waals surface area contributed by atoms with Gasteiger partial charge in [0.15, 0.2) is 5.65 Å². The van der Waals surface area contributed by atoms with Crippen molar-refractivity contribution in [3.63, 3.8) is 0 Å². The van der Waals surface area contributed by atoms with Crippen molar-refractivity contribution in [2.45, 2.75) is 18.6 Å². The second-order valence-electron chi connectivity index (χ2n) is 4.72. The van der Waals surface area contributed by atoms with Crippen molar-refractivity contribution in [2.24, 2.45) is 0 Å². The van der Waals surface area contributed by atoms with Crippen LogP contribution in [0.15, 0.2) is 24.4 Å². The largest absolute Gasteiger partial charge is 0.336 e. The SMILES string of the molecule is CSC(C)(C)CNC(=O)Nc1nnc2ccccn12. The fourth-order valence-electron chi connectivity index (χ4n) is 1.44. The molecule has 0 spiro atoms. The molecule has 2 heterocycles. The Morgan fingerprint density at radius 1 is 1.42 bits per heavy atom. The fraction of sp³-hybridized carbons (Fsp3) is 0.417. The average molecular weight is 279 g/mol. The minimum Gasteiger partial charge on any atom is -0.336 e. The number of carbonyl (C=O) groups excluding carboxylic acids is 1. The minimum atomic E-state index is -0.278. The first kappa shape index (κ1) is 13.7. The lowest BCUT2D eigenvalue weighted by Crippen LogP contribution is -2.38. The Labute approximate surface area is 116 Å². The van der Waals surface area contributed by atoms with Gasteiger partial charge >= 0.3 is 6.03 Å². The molecule has 0 unspecified atom stereocenters. The van der Waals surface area contributed by atoms with E-state index in [0.717, 1.165) is 0 Å². The first-order valence-corrected chi connectivity index (χ1v) is 7.14. The summed E-state index contributed by atoms with van der Waals surface area (Å²) >= 11 is 1.70. The second-order valence-corrected chi connectivity index (χ2v) is 6.24. The van der Waals surface area contributed by atoms with E-state index < -0.39 is 0 Å². The number of urea groups is 1. The van der Waals surface area contributed by atoms with Crippen molar-refractivity contribution in [2.75, 3.05) is 18.1 Å². The quantitative estimate of drug-likeness (QED) is 0.898. The lowest BCUT2D eigenvalue weighted by molar-refractivity contribution is 0.251. The van der Waals surface area contributed by atoms with Crippen LogP contribution < -0.4 is 10.6 Å². The standard InChI is InChI=1S/C12H17N5OS/c1-12(2,19-3)8-13-11(18)14-10-16-15-9-6-4-5-7-17(9)10/h4-7H,8H2,1-3H3,(H2,13,14,16,18). The molecule has 0 aliphatic heterocycles. The zero-order chi connectivity index (χ0) is 13.9. The molecule has 102 valence electrons. The molecule has 2 N–H and O–H groups in total. The molecule has 0 radical (unpaired) electrons. The Kier molecular flexibility index (Phi) is 3.94. The van der Waals surface area contributed by atoms with Crippen LogP contribution >= 0.6 is 11.8 Å². The molecule has 19 heavy (non-hydrogen) atoms. The number of carbonyl (C=O) groups is 1. The highest BCUT2D eigenvalue weighted by Gasteiger charge is 2.17. The molecule has 0 bridgehead atoms. The van der Waals surface area contributed by atoms with E-state index in [-0.39, 0.29) is 10.8 Å². The zero-order valence-corrected chi connectivity index (χ0v) is 12.0. The molecule has 0 fully saturated rings. The van der Waals surface area contributed by atoms with Gasteiger partial charge in [-0.3, -0.25) is 9.72 Å². The summed E-state index contributed by atoms with van der Waals surface area (Å²) in [6, 6.07) is 5.28. The molecule has 0 saturated carbocycles. The number of hydrogen-bond acceptors (Lipinski definition) is 4. The summed E-state index contributed by atoms with van der Waals surface area (Å²) in [4.78, 5) is 11.8. The number of thioether (sulfide) groups is 1. The van der Waals surface area contributed by atoms with Crippen LogP contribution in [0.1, 0.15) is 13.8 Å². The number of pyridine rings is 1. The summed E-state index contributed by atoms with van der Waals surface area (Å²) in [5, 5.41) is 13.4. The maximum atomic E-state index is 11.8. The fourth-order valence-corrected chi connectivity index (χ4v) is 1.65. The van der Waals surface area contributed by atoms with Crippen LogP contribution in [-0.4, -0.2) is 38.2 Å². The van der Waals surface area contributed by atoms with E-state index in [9.17, 15) is 4.79 Å². The molecule has 2 amide bonds. The summed E-state index contributed by atoms with van der Waals surface area (Å²) in [7, 11) is 0. The number of nitrogens with zero attached hydrogens (tertiary/aromatic N) is 3. The van der Waals surface area contributed by atoms with Crippen LogP contribution in [0.25, 0.3) is 5.65 Å². The smallest absolute Gasteiger partial charge is 0.321 e. The average Bonchev–Trinajstić information content (AvgIpc) is 2.80. The summed E-state index contributed by atoms with van der Waals surface area (Å²) < 4.78 is 1.73. The van der Waals surface area contributed by atoms with Gasteiger partial charge in [0.1, 0.15) is 0 Å². The van der Waals surface area contributed by atoms with E-state index in [1.54, 1.807) is 22.4 Å². The van der Waals surface area contributed by atoms with Gasteiger partial charge in [-0.25, -0.2) is 4.79 Å². The summed E-state index contributed by atoms with van der Waals surface area (Å²) in [6.45, 7) is 4.73. The van der Waals surface area contributed by atoms with Crippen LogP contribution in [0.3, 0.4) is 0 Å². The van der Waals surface area contributed by atoms with Crippen LogP contribution in [0.5, 0.6) is 0 Å². The summed E-state index contributed by atoms with van der Waals surface area (Å²) in [5.74, 6) is 0.412. The van der Waals surface area contributed by atoms with Crippen LogP contribution in [0.4, 0.5) is 10.7 Å². The third kappa shape index (κ3) is 3.37. The highest BCUT2D eigenvalue weighted by Crippen LogP contribution is 2.19. The van der Waals surface area contributed by atoms with Crippen molar-refractivity contribution in [3.05, 3.63) is 24.4 Å². The third-order valence-corrected chi connectivity index (χ3v) is 4.02. The van der Waals surface area contributed by atoms with Crippen LogP contribution in [0.2, 0.25) is 0 Å². The Balaban J connectivity index is 1.99. The molecule has 6 nitrogen and oxygen atoms in total. The number of anilines is 1. The first-order valence-electron chi connectivity index (χ1n) is 5.91. The van der Waals surface area contributed by atoms with Crippen LogP contribution in [0, 0.1) is 0 Å². The van der Waals surface area contributed by atoms with Gasteiger partial charge in [-0.2, -0.15) is 11.8 Å². The van der Waals surface area contributed by atoms with Crippen LogP contribution in [-0.2, 0) is 0 Å². The molecule has 0 aromatic carbocycles. The van der Waals surface area contributed by atoms with Crippen molar-refractivity contribution in [3.8, 4) is 0 Å². The van der Waals surface area contributed by atoms with Gasteiger partial charge in [0.2, 0.25) is 5.95 Å². The molecule has 0 saturated heterocycles. The summed E-state index contributed by atoms with van der Waals surface area (Å²) in [6.07, 6.45) is 3.82. The summed E-state index contributed by atoms with van der Waals surface area (Å²) in [5.41, 5.74) is 0.697. The maximum Gasteiger partial charge on any atom is 0.321 e. The Bertz CT molecular complexity index is 580. The second kappa shape index (κ2) is 5.48. The van der Waals surface area contributed by atoms with E-state index in [1.165, 1.54) is 0 Å². The first-order chi connectivity index (χ1) is 9.02. The van der Waals surface area contributed by atoms with Crippen molar-refractivity contribution in [1.82, 2.24) is 19.9 Å². The van der Waals surface area contributed by atoms with E-state index in [0.29, 0.717) is 18.1 Å². The lowest BCUT2D eigenvalue weighted by atomic mass is 10.2. The predicted molar refractivity (Wildman–Crippen MR) is 77.6 cm³/mol. The van der Waals surface area contributed by atoms with Crippen molar-refractivity contribution < 1.29 is 4.79 Å². The Hall–Kier alpha value is -1.76. The maximum absolute atomic E-state index is 11.8. The number of hydrogen-bond donors (Lipinski definition) is 2. The monoisotopic (exact) mass is 279 g/mol. The van der Waals surface area contributed by atoms with E-state index in [1.807, 2.05) is 24.5 Å². The van der Waals surface area contributed by atoms with Gasteiger partial charge in [-0.1, -0.05) is 6.07 Å². The zero-order valence-electron chi connectivity index (χ0n) is 11.2. The number of fused-ring (bicyclic) bond motifs is 1. The molecule has 0 aliphatic carbocycles. The van der Waals surface area contributed by atoms with E-state index in [2.05, 4.69) is 34.7 Å². The van der Waals surface area contributed by atoms with Crippen molar-refractivity contribution in [1.29, 1.82) is 0 Å². The topological polar surface area (TPSA) is 71.3 Å². The van der Waals surface area contributed by atoms with Gasteiger partial charge in [-0.05, 0) is 32.2 Å². The Morgan fingerprint density at radius 3 is 2.95 bits per heavy atom. The van der Waals surface area contributed by atoms with Gasteiger partial charge in [0.25, 0.3) is 0 Å².